The summed E-state index contributed by atoms with van der Waals surface area (Å²) in [7, 11) is 0. The van der Waals surface area contributed by atoms with Crippen LogP contribution < -0.4 is 10.6 Å². The van der Waals surface area contributed by atoms with Gasteiger partial charge >= 0.3 is 5.97 Å². The van der Waals surface area contributed by atoms with Crippen molar-refractivity contribution in [2.45, 2.75) is 19.9 Å². The van der Waals surface area contributed by atoms with Gasteiger partial charge < -0.3 is 15.4 Å². The fourth-order valence-corrected chi connectivity index (χ4v) is 2.77. The Morgan fingerprint density at radius 3 is 2.28 bits per heavy atom. The van der Waals surface area contributed by atoms with Crippen LogP contribution in [0.4, 0.5) is 11.4 Å². The number of amides is 1. The van der Waals surface area contributed by atoms with Crippen LogP contribution in [-0.4, -0.2) is 23.5 Å². The van der Waals surface area contributed by atoms with Crippen molar-refractivity contribution in [2.75, 3.05) is 11.9 Å². The van der Waals surface area contributed by atoms with E-state index in [9.17, 15) is 9.59 Å². The number of ether oxygens (including phenoxy) is 1. The third kappa shape index (κ3) is 5.42. The van der Waals surface area contributed by atoms with Crippen LogP contribution in [0.15, 0.2) is 72.9 Å². The number of carbonyl (C=O) groups is 2. The van der Waals surface area contributed by atoms with Gasteiger partial charge in [-0.1, -0.05) is 30.3 Å². The number of aromatic nitrogens is 1. The Bertz CT molecular complexity index is 955. The van der Waals surface area contributed by atoms with Crippen molar-refractivity contribution < 1.29 is 14.3 Å². The molecule has 3 rings (SSSR count). The molecule has 0 aliphatic carbocycles. The molecule has 1 atom stereocenters. The average molecular weight is 389 g/mol. The molecule has 0 fully saturated rings. The predicted molar refractivity (Wildman–Crippen MR) is 112 cm³/mol. The molecule has 0 aliphatic rings. The monoisotopic (exact) mass is 389 g/mol. The lowest BCUT2D eigenvalue weighted by Crippen LogP contribution is -2.27. The maximum absolute atomic E-state index is 12.4. The number of hydrogen-bond acceptors (Lipinski definition) is 5. The van der Waals surface area contributed by atoms with Crippen molar-refractivity contribution >= 4 is 23.3 Å². The van der Waals surface area contributed by atoms with Crippen LogP contribution in [0.1, 0.15) is 46.3 Å². The molecule has 0 radical (unpaired) electrons. The van der Waals surface area contributed by atoms with Crippen molar-refractivity contribution in [3.8, 4) is 0 Å². The first-order valence-corrected chi connectivity index (χ1v) is 9.43. The summed E-state index contributed by atoms with van der Waals surface area (Å²) in [6, 6.07) is 20.1. The molecule has 0 bridgehead atoms. The van der Waals surface area contributed by atoms with Gasteiger partial charge in [0.15, 0.2) is 0 Å². The minimum Gasteiger partial charge on any atom is -0.462 e. The highest BCUT2D eigenvalue weighted by molar-refractivity contribution is 5.93. The molecule has 0 saturated heterocycles. The number of rotatable bonds is 7. The molecular formula is C23H23N3O3. The lowest BCUT2D eigenvalue weighted by molar-refractivity contribution is 0.0526. The number of anilines is 2. The third-order valence-corrected chi connectivity index (χ3v) is 4.33. The predicted octanol–water partition coefficient (Wildman–Crippen LogP) is 4.49. The lowest BCUT2D eigenvalue weighted by Gasteiger charge is -2.14. The van der Waals surface area contributed by atoms with E-state index in [2.05, 4.69) is 15.6 Å². The molecule has 0 spiro atoms. The average Bonchev–Trinajstić information content (AvgIpc) is 2.75. The number of pyridine rings is 1. The largest absolute Gasteiger partial charge is 0.462 e. The van der Waals surface area contributed by atoms with E-state index in [1.54, 1.807) is 49.5 Å². The molecule has 6 nitrogen and oxygen atoms in total. The minimum atomic E-state index is -0.346. The van der Waals surface area contributed by atoms with Crippen molar-refractivity contribution in [1.82, 2.24) is 10.3 Å². The number of carbonyl (C=O) groups excluding carboxylic acids is 2. The first kappa shape index (κ1) is 20.1. The van der Waals surface area contributed by atoms with Gasteiger partial charge in [-0.25, -0.2) is 9.78 Å². The second-order valence-corrected chi connectivity index (χ2v) is 6.46. The maximum atomic E-state index is 12.4. The fraction of sp³-hybridized carbons (Fsp3) is 0.174. The SMILES string of the molecule is CCOC(=O)c1ccc(Nc2ccc(C(=O)NC(C)c3ccccc3)nc2)cc1. The van der Waals surface area contributed by atoms with Crippen LogP contribution in [0, 0.1) is 0 Å². The van der Waals surface area contributed by atoms with Crippen LogP contribution in [0.5, 0.6) is 0 Å². The standard InChI is InChI=1S/C23H23N3O3/c1-3-29-23(28)18-9-11-19(12-10-18)26-20-13-14-21(24-15-20)22(27)25-16(2)17-7-5-4-6-8-17/h4-16,26H,3H2,1-2H3,(H,25,27). The van der Waals surface area contributed by atoms with Crippen LogP contribution in [0.3, 0.4) is 0 Å². The van der Waals surface area contributed by atoms with Gasteiger partial charge in [-0.3, -0.25) is 4.79 Å². The van der Waals surface area contributed by atoms with E-state index in [1.807, 2.05) is 37.3 Å². The first-order chi connectivity index (χ1) is 14.1. The number of nitrogens with one attached hydrogen (secondary N) is 2. The van der Waals surface area contributed by atoms with Crippen molar-refractivity contribution in [3.63, 3.8) is 0 Å². The molecule has 29 heavy (non-hydrogen) atoms. The van der Waals surface area contributed by atoms with Gasteiger partial charge in [0.2, 0.25) is 0 Å². The summed E-state index contributed by atoms with van der Waals surface area (Å²) in [5, 5.41) is 6.13. The number of hydrogen-bond donors (Lipinski definition) is 2. The summed E-state index contributed by atoms with van der Waals surface area (Å²) in [6.07, 6.45) is 1.60. The summed E-state index contributed by atoms with van der Waals surface area (Å²) < 4.78 is 4.97. The van der Waals surface area contributed by atoms with Crippen molar-refractivity contribution in [2.24, 2.45) is 0 Å². The molecule has 148 valence electrons. The molecule has 1 unspecified atom stereocenters. The van der Waals surface area contributed by atoms with E-state index in [1.165, 1.54) is 0 Å². The van der Waals surface area contributed by atoms with E-state index in [-0.39, 0.29) is 17.9 Å². The smallest absolute Gasteiger partial charge is 0.338 e. The lowest BCUT2D eigenvalue weighted by atomic mass is 10.1. The zero-order chi connectivity index (χ0) is 20.6. The highest BCUT2D eigenvalue weighted by Gasteiger charge is 2.12. The molecular weight excluding hydrogens is 366 g/mol. The summed E-state index contributed by atoms with van der Waals surface area (Å²) in [5.74, 6) is -0.576. The zero-order valence-electron chi connectivity index (χ0n) is 16.4. The molecule has 0 aliphatic heterocycles. The Balaban J connectivity index is 1.59. The number of nitrogens with zero attached hydrogens (tertiary/aromatic N) is 1. The molecule has 0 saturated carbocycles. The second kappa shape index (κ2) is 9.50. The normalized spacial score (nSPS) is 11.4. The second-order valence-electron chi connectivity index (χ2n) is 6.46. The summed E-state index contributed by atoms with van der Waals surface area (Å²) in [4.78, 5) is 28.3. The Hall–Kier alpha value is -3.67. The van der Waals surface area contributed by atoms with E-state index in [4.69, 9.17) is 4.74 Å². The highest BCUT2D eigenvalue weighted by Crippen LogP contribution is 2.18. The van der Waals surface area contributed by atoms with Crippen LogP contribution >= 0.6 is 0 Å². The van der Waals surface area contributed by atoms with Gasteiger partial charge in [0.1, 0.15) is 5.69 Å². The van der Waals surface area contributed by atoms with E-state index < -0.39 is 0 Å². The first-order valence-electron chi connectivity index (χ1n) is 9.43. The number of esters is 1. The van der Waals surface area contributed by atoms with Gasteiger partial charge in [-0.2, -0.15) is 0 Å². The van der Waals surface area contributed by atoms with E-state index in [0.29, 0.717) is 17.9 Å². The van der Waals surface area contributed by atoms with Gasteiger partial charge in [-0.05, 0) is 55.8 Å². The molecule has 6 heteroatoms. The Morgan fingerprint density at radius 2 is 1.66 bits per heavy atom. The Morgan fingerprint density at radius 1 is 0.966 bits per heavy atom. The van der Waals surface area contributed by atoms with Crippen molar-refractivity contribution in [3.05, 3.63) is 89.7 Å². The maximum Gasteiger partial charge on any atom is 0.338 e. The minimum absolute atomic E-state index is 0.110. The third-order valence-electron chi connectivity index (χ3n) is 4.33. The molecule has 1 aromatic heterocycles. The van der Waals surface area contributed by atoms with Crippen LogP contribution in [-0.2, 0) is 4.74 Å². The van der Waals surface area contributed by atoms with Gasteiger partial charge in [0.05, 0.1) is 30.1 Å². The summed E-state index contributed by atoms with van der Waals surface area (Å²) in [5.41, 5.74) is 3.41. The van der Waals surface area contributed by atoms with Gasteiger partial charge in [-0.15, -0.1) is 0 Å². The summed E-state index contributed by atoms with van der Waals surface area (Å²) in [6.45, 7) is 4.05. The molecule has 1 amide bonds. The quantitative estimate of drug-likeness (QED) is 0.582. The molecule has 2 N–H and O–H groups in total. The van der Waals surface area contributed by atoms with E-state index in [0.717, 1.165) is 16.9 Å². The topological polar surface area (TPSA) is 80.3 Å². The highest BCUT2D eigenvalue weighted by atomic mass is 16.5. The van der Waals surface area contributed by atoms with Crippen LogP contribution in [0.25, 0.3) is 0 Å². The van der Waals surface area contributed by atoms with E-state index >= 15 is 0 Å². The van der Waals surface area contributed by atoms with Gasteiger partial charge in [0, 0.05) is 5.69 Å². The zero-order valence-corrected chi connectivity index (χ0v) is 16.4. The molecule has 3 aromatic rings. The van der Waals surface area contributed by atoms with Crippen molar-refractivity contribution in [1.29, 1.82) is 0 Å². The molecule has 2 aromatic carbocycles. The summed E-state index contributed by atoms with van der Waals surface area (Å²) >= 11 is 0. The Labute approximate surface area is 169 Å². The Kier molecular flexibility index (Phi) is 6.58. The fourth-order valence-electron chi connectivity index (χ4n) is 2.77. The van der Waals surface area contributed by atoms with Crippen LogP contribution in [0.2, 0.25) is 0 Å². The number of benzene rings is 2. The van der Waals surface area contributed by atoms with Gasteiger partial charge in [0.25, 0.3) is 5.91 Å². The molecule has 1 heterocycles.